The number of nitriles is 1. The van der Waals surface area contributed by atoms with Gasteiger partial charge in [-0.05, 0) is 11.6 Å². The van der Waals surface area contributed by atoms with Crippen LogP contribution >= 0.6 is 15.9 Å². The predicted octanol–water partition coefficient (Wildman–Crippen LogP) is 4.17. The average Bonchev–Trinajstić information content (AvgIpc) is 2.55. The molecular formula is C17H15BrN2O. The predicted molar refractivity (Wildman–Crippen MR) is 84.9 cm³/mol. The molecule has 1 aliphatic heterocycles. The Kier molecular flexibility index (Phi) is 3.60. The van der Waals surface area contributed by atoms with Crippen molar-refractivity contribution in [3.63, 3.8) is 0 Å². The Bertz CT molecular complexity index is 683. The molecule has 3 nitrogen and oxygen atoms in total. The van der Waals surface area contributed by atoms with Crippen LogP contribution in [0.2, 0.25) is 0 Å². The zero-order valence-corrected chi connectivity index (χ0v) is 13.2. The number of hydrogen-bond acceptors (Lipinski definition) is 3. The molecule has 0 saturated heterocycles. The average molecular weight is 343 g/mol. The first-order valence-electron chi connectivity index (χ1n) is 6.78. The second kappa shape index (κ2) is 5.42. The Hall–Kier alpha value is -1.99. The number of rotatable bonds is 2. The molecule has 4 heteroatoms. The summed E-state index contributed by atoms with van der Waals surface area (Å²) in [7, 11) is 0. The topological polar surface area (TPSA) is 36.3 Å². The molecule has 0 amide bonds. The van der Waals surface area contributed by atoms with Crippen LogP contribution in [0.4, 0.5) is 0 Å². The molecule has 0 aliphatic carbocycles. The lowest BCUT2D eigenvalue weighted by molar-refractivity contribution is -0.0809. The van der Waals surface area contributed by atoms with Crippen molar-refractivity contribution >= 4 is 15.9 Å². The van der Waals surface area contributed by atoms with Gasteiger partial charge in [0, 0.05) is 16.3 Å². The van der Waals surface area contributed by atoms with Crippen molar-refractivity contribution < 1.29 is 4.84 Å². The molecule has 1 aliphatic rings. The molecule has 2 aromatic rings. The standard InChI is InChI=1S/C17H15BrN2O/c1-17(11-18)14-9-5-6-10-15(14)21-20(12-19)16(17)13-7-3-2-4-8-13/h2-10,16H,11H2,1H3. The Morgan fingerprint density at radius 3 is 2.52 bits per heavy atom. The molecule has 1 heterocycles. The lowest BCUT2D eigenvalue weighted by Gasteiger charge is -2.45. The van der Waals surface area contributed by atoms with Gasteiger partial charge in [0.15, 0.2) is 5.75 Å². The highest BCUT2D eigenvalue weighted by Gasteiger charge is 2.46. The first-order valence-corrected chi connectivity index (χ1v) is 7.90. The molecule has 3 rings (SSSR count). The molecule has 0 spiro atoms. The fourth-order valence-corrected chi connectivity index (χ4v) is 3.55. The van der Waals surface area contributed by atoms with E-state index < -0.39 is 0 Å². The van der Waals surface area contributed by atoms with E-state index in [2.05, 4.69) is 35.1 Å². The normalized spacial score (nSPS) is 23.9. The van der Waals surface area contributed by atoms with Crippen LogP contribution in [-0.2, 0) is 5.41 Å². The van der Waals surface area contributed by atoms with Crippen molar-refractivity contribution in [1.82, 2.24) is 5.06 Å². The van der Waals surface area contributed by atoms with Crippen LogP contribution in [-0.4, -0.2) is 10.4 Å². The Balaban J connectivity index is 2.20. The third kappa shape index (κ3) is 2.18. The van der Waals surface area contributed by atoms with E-state index in [4.69, 9.17) is 4.84 Å². The molecule has 0 radical (unpaired) electrons. The summed E-state index contributed by atoms with van der Waals surface area (Å²) in [6.07, 6.45) is 2.17. The van der Waals surface area contributed by atoms with Crippen LogP contribution in [0.5, 0.6) is 5.75 Å². The highest BCUT2D eigenvalue weighted by molar-refractivity contribution is 9.09. The fraction of sp³-hybridized carbons (Fsp3) is 0.235. The summed E-state index contributed by atoms with van der Waals surface area (Å²) in [4.78, 5) is 5.80. The molecule has 21 heavy (non-hydrogen) atoms. The number of fused-ring (bicyclic) bond motifs is 1. The molecule has 2 unspecified atom stereocenters. The smallest absolute Gasteiger partial charge is 0.216 e. The zero-order chi connectivity index (χ0) is 14.9. The lowest BCUT2D eigenvalue weighted by atomic mass is 9.73. The van der Waals surface area contributed by atoms with Gasteiger partial charge in [-0.1, -0.05) is 71.4 Å². The molecule has 0 aromatic heterocycles. The van der Waals surface area contributed by atoms with Gasteiger partial charge in [0.05, 0.1) is 0 Å². The number of halogens is 1. The van der Waals surface area contributed by atoms with E-state index in [-0.39, 0.29) is 11.5 Å². The minimum atomic E-state index is -0.258. The van der Waals surface area contributed by atoms with Gasteiger partial charge in [0.25, 0.3) is 0 Å². The van der Waals surface area contributed by atoms with E-state index in [1.807, 2.05) is 48.5 Å². The molecule has 0 saturated carbocycles. The van der Waals surface area contributed by atoms with E-state index in [1.54, 1.807) is 0 Å². The fourth-order valence-electron chi connectivity index (χ4n) is 2.94. The van der Waals surface area contributed by atoms with E-state index in [1.165, 1.54) is 5.06 Å². The third-order valence-corrected chi connectivity index (χ3v) is 5.19. The number of nitrogens with zero attached hydrogens (tertiary/aromatic N) is 2. The summed E-state index contributed by atoms with van der Waals surface area (Å²) in [6.45, 7) is 2.16. The SMILES string of the molecule is CC1(CBr)c2ccccc2ON(C#N)C1c1ccccc1. The molecule has 2 aromatic carbocycles. The maximum Gasteiger partial charge on any atom is 0.216 e. The molecule has 106 valence electrons. The maximum atomic E-state index is 9.51. The van der Waals surface area contributed by atoms with Crippen molar-refractivity contribution in [1.29, 1.82) is 5.26 Å². The molecule has 0 fully saturated rings. The van der Waals surface area contributed by atoms with Crippen LogP contribution in [0.25, 0.3) is 0 Å². The van der Waals surface area contributed by atoms with E-state index in [9.17, 15) is 5.26 Å². The van der Waals surface area contributed by atoms with Gasteiger partial charge >= 0.3 is 0 Å². The van der Waals surface area contributed by atoms with Gasteiger partial charge in [-0.15, -0.1) is 5.06 Å². The highest BCUT2D eigenvalue weighted by Crippen LogP contribution is 2.49. The Morgan fingerprint density at radius 2 is 1.86 bits per heavy atom. The first-order chi connectivity index (χ1) is 10.2. The summed E-state index contributed by atoms with van der Waals surface area (Å²) < 4.78 is 0. The lowest BCUT2D eigenvalue weighted by Crippen LogP contribution is -2.47. The van der Waals surface area contributed by atoms with Crippen LogP contribution in [0.15, 0.2) is 54.6 Å². The van der Waals surface area contributed by atoms with Crippen LogP contribution in [0.1, 0.15) is 24.1 Å². The molecular weight excluding hydrogens is 328 g/mol. The van der Waals surface area contributed by atoms with Gasteiger partial charge < -0.3 is 4.84 Å². The maximum absolute atomic E-state index is 9.51. The zero-order valence-electron chi connectivity index (χ0n) is 11.7. The number of hydroxylamine groups is 2. The summed E-state index contributed by atoms with van der Waals surface area (Å²) in [6, 6.07) is 17.8. The first kappa shape index (κ1) is 14.0. The van der Waals surface area contributed by atoms with Gasteiger partial charge in [-0.25, -0.2) is 0 Å². The Morgan fingerprint density at radius 1 is 1.19 bits per heavy atom. The highest BCUT2D eigenvalue weighted by atomic mass is 79.9. The molecule has 2 atom stereocenters. The summed E-state index contributed by atoms with van der Waals surface area (Å²) in [5.74, 6) is 0.744. The number of benzene rings is 2. The van der Waals surface area contributed by atoms with Crippen LogP contribution in [0.3, 0.4) is 0 Å². The van der Waals surface area contributed by atoms with Gasteiger partial charge in [0.1, 0.15) is 6.04 Å². The number of hydrogen-bond donors (Lipinski definition) is 0. The molecule has 0 bridgehead atoms. The quantitative estimate of drug-likeness (QED) is 0.607. The summed E-state index contributed by atoms with van der Waals surface area (Å²) in [5.41, 5.74) is 1.92. The molecule has 0 N–H and O–H groups in total. The summed E-state index contributed by atoms with van der Waals surface area (Å²) in [5, 5.41) is 11.6. The van der Waals surface area contributed by atoms with Crippen molar-refractivity contribution in [2.45, 2.75) is 18.4 Å². The van der Waals surface area contributed by atoms with Gasteiger partial charge in [-0.3, -0.25) is 0 Å². The van der Waals surface area contributed by atoms with E-state index in [0.29, 0.717) is 0 Å². The third-order valence-electron chi connectivity index (χ3n) is 4.03. The van der Waals surface area contributed by atoms with Crippen LogP contribution in [0, 0.1) is 11.5 Å². The van der Waals surface area contributed by atoms with E-state index >= 15 is 0 Å². The van der Waals surface area contributed by atoms with Crippen molar-refractivity contribution in [3.8, 4) is 11.9 Å². The second-order valence-corrected chi connectivity index (χ2v) is 5.94. The van der Waals surface area contributed by atoms with Crippen molar-refractivity contribution in [2.24, 2.45) is 0 Å². The Labute approximate surface area is 132 Å². The number of alkyl halides is 1. The monoisotopic (exact) mass is 342 g/mol. The second-order valence-electron chi connectivity index (χ2n) is 5.38. The van der Waals surface area contributed by atoms with E-state index in [0.717, 1.165) is 22.2 Å². The van der Waals surface area contributed by atoms with Crippen molar-refractivity contribution in [2.75, 3.05) is 5.33 Å². The van der Waals surface area contributed by atoms with Gasteiger partial charge in [0.2, 0.25) is 6.19 Å². The van der Waals surface area contributed by atoms with Crippen LogP contribution < -0.4 is 4.84 Å². The largest absolute Gasteiger partial charge is 0.369 e. The minimum absolute atomic E-state index is 0.169. The summed E-state index contributed by atoms with van der Waals surface area (Å²) >= 11 is 3.64. The van der Waals surface area contributed by atoms with Gasteiger partial charge in [-0.2, -0.15) is 5.26 Å². The minimum Gasteiger partial charge on any atom is -0.369 e. The van der Waals surface area contributed by atoms with Crippen molar-refractivity contribution in [3.05, 3.63) is 65.7 Å². The number of para-hydroxylation sites is 1.